The SMILES string of the molecule is CC(C)NCc1cc(Br)ccc1Oc1cc(Br)ccc1Cl. The molecule has 0 atom stereocenters. The topological polar surface area (TPSA) is 21.3 Å². The van der Waals surface area contributed by atoms with Crippen molar-refractivity contribution >= 4 is 43.5 Å². The maximum absolute atomic E-state index is 6.19. The predicted molar refractivity (Wildman–Crippen MR) is 95.3 cm³/mol. The van der Waals surface area contributed by atoms with Gasteiger partial charge in [-0.3, -0.25) is 0 Å². The van der Waals surface area contributed by atoms with Crippen LogP contribution in [0.2, 0.25) is 5.02 Å². The highest BCUT2D eigenvalue weighted by molar-refractivity contribution is 9.10. The van der Waals surface area contributed by atoms with E-state index in [-0.39, 0.29) is 0 Å². The summed E-state index contributed by atoms with van der Waals surface area (Å²) in [6.07, 6.45) is 0. The van der Waals surface area contributed by atoms with E-state index in [1.165, 1.54) is 0 Å². The zero-order chi connectivity index (χ0) is 15.4. The van der Waals surface area contributed by atoms with Crippen molar-refractivity contribution in [3.8, 4) is 11.5 Å². The van der Waals surface area contributed by atoms with Crippen molar-refractivity contribution < 1.29 is 4.74 Å². The van der Waals surface area contributed by atoms with Crippen molar-refractivity contribution in [1.29, 1.82) is 0 Å². The third-order valence-electron chi connectivity index (χ3n) is 2.84. The Morgan fingerprint density at radius 2 is 1.71 bits per heavy atom. The van der Waals surface area contributed by atoms with E-state index in [1.54, 1.807) is 0 Å². The Balaban J connectivity index is 2.28. The molecule has 1 N–H and O–H groups in total. The predicted octanol–water partition coefficient (Wildman–Crippen LogP) is 6.16. The number of rotatable bonds is 5. The van der Waals surface area contributed by atoms with Crippen LogP contribution in [0.15, 0.2) is 45.3 Å². The Hall–Kier alpha value is -0.550. The monoisotopic (exact) mass is 431 g/mol. The molecule has 21 heavy (non-hydrogen) atoms. The highest BCUT2D eigenvalue weighted by Gasteiger charge is 2.09. The van der Waals surface area contributed by atoms with Crippen molar-refractivity contribution in [1.82, 2.24) is 5.32 Å². The molecule has 2 aromatic carbocycles. The van der Waals surface area contributed by atoms with Gasteiger partial charge in [0.15, 0.2) is 0 Å². The second-order valence-corrected chi connectivity index (χ2v) is 7.20. The number of nitrogens with one attached hydrogen (secondary N) is 1. The van der Waals surface area contributed by atoms with Crippen LogP contribution in [-0.2, 0) is 6.54 Å². The summed E-state index contributed by atoms with van der Waals surface area (Å²) in [6, 6.07) is 11.9. The van der Waals surface area contributed by atoms with Crippen molar-refractivity contribution in [2.24, 2.45) is 0 Å². The fourth-order valence-electron chi connectivity index (χ4n) is 1.77. The fourth-order valence-corrected chi connectivity index (χ4v) is 2.68. The largest absolute Gasteiger partial charge is 0.455 e. The average molecular weight is 434 g/mol. The molecule has 2 rings (SSSR count). The smallest absolute Gasteiger partial charge is 0.147 e. The van der Waals surface area contributed by atoms with E-state index in [0.29, 0.717) is 16.8 Å². The Kier molecular flexibility index (Phi) is 6.11. The van der Waals surface area contributed by atoms with Gasteiger partial charge in [-0.05, 0) is 36.4 Å². The first-order chi connectivity index (χ1) is 9.95. The van der Waals surface area contributed by atoms with Crippen LogP contribution in [0.5, 0.6) is 11.5 Å². The number of hydrogen-bond donors (Lipinski definition) is 1. The van der Waals surface area contributed by atoms with Crippen LogP contribution in [-0.4, -0.2) is 6.04 Å². The molecule has 0 aliphatic rings. The Morgan fingerprint density at radius 3 is 2.43 bits per heavy atom. The van der Waals surface area contributed by atoms with Crippen LogP contribution in [0.1, 0.15) is 19.4 Å². The molecule has 0 aromatic heterocycles. The van der Waals surface area contributed by atoms with Crippen molar-refractivity contribution in [2.45, 2.75) is 26.4 Å². The fraction of sp³-hybridized carbons (Fsp3) is 0.250. The van der Waals surface area contributed by atoms with Gasteiger partial charge in [-0.15, -0.1) is 0 Å². The highest BCUT2D eigenvalue weighted by Crippen LogP contribution is 2.34. The maximum Gasteiger partial charge on any atom is 0.147 e. The summed E-state index contributed by atoms with van der Waals surface area (Å²) in [5.41, 5.74) is 1.08. The zero-order valence-electron chi connectivity index (χ0n) is 11.8. The van der Waals surface area contributed by atoms with Crippen LogP contribution < -0.4 is 10.1 Å². The average Bonchev–Trinajstić information content (AvgIpc) is 2.43. The second kappa shape index (κ2) is 7.63. The molecule has 0 aliphatic heterocycles. The molecule has 0 unspecified atom stereocenters. The van der Waals surface area contributed by atoms with Crippen molar-refractivity contribution in [3.05, 3.63) is 55.9 Å². The molecule has 0 fully saturated rings. The second-order valence-electron chi connectivity index (χ2n) is 4.96. The van der Waals surface area contributed by atoms with E-state index in [0.717, 1.165) is 26.8 Å². The lowest BCUT2D eigenvalue weighted by molar-refractivity contribution is 0.469. The van der Waals surface area contributed by atoms with E-state index >= 15 is 0 Å². The molecule has 112 valence electrons. The van der Waals surface area contributed by atoms with Crippen LogP contribution in [0.3, 0.4) is 0 Å². The molecular formula is C16H16Br2ClNO. The lowest BCUT2D eigenvalue weighted by Crippen LogP contribution is -2.22. The molecule has 0 amide bonds. The summed E-state index contributed by atoms with van der Waals surface area (Å²) in [5, 5.41) is 3.99. The van der Waals surface area contributed by atoms with Gasteiger partial charge >= 0.3 is 0 Å². The molecule has 0 saturated carbocycles. The molecule has 0 aliphatic carbocycles. The van der Waals surface area contributed by atoms with E-state index < -0.39 is 0 Å². The molecule has 0 saturated heterocycles. The standard InChI is InChI=1S/C16H16Br2ClNO/c1-10(2)20-9-11-7-12(17)4-6-15(11)21-16-8-13(18)3-5-14(16)19/h3-8,10,20H,9H2,1-2H3. The van der Waals surface area contributed by atoms with Crippen LogP contribution >= 0.6 is 43.5 Å². The van der Waals surface area contributed by atoms with Gasteiger partial charge < -0.3 is 10.1 Å². The van der Waals surface area contributed by atoms with Crippen LogP contribution in [0.4, 0.5) is 0 Å². The minimum absolute atomic E-state index is 0.409. The molecule has 0 radical (unpaired) electrons. The zero-order valence-corrected chi connectivity index (χ0v) is 15.7. The molecular weight excluding hydrogens is 417 g/mol. The van der Waals surface area contributed by atoms with E-state index in [4.69, 9.17) is 16.3 Å². The number of hydrogen-bond acceptors (Lipinski definition) is 2. The van der Waals surface area contributed by atoms with Crippen molar-refractivity contribution in [3.63, 3.8) is 0 Å². The summed E-state index contributed by atoms with van der Waals surface area (Å²) in [7, 11) is 0. The number of halogens is 3. The Morgan fingerprint density at radius 1 is 1.05 bits per heavy atom. The summed E-state index contributed by atoms with van der Waals surface area (Å²) < 4.78 is 7.94. The summed E-state index contributed by atoms with van der Waals surface area (Å²) in [4.78, 5) is 0. The quantitative estimate of drug-likeness (QED) is 0.610. The molecule has 2 aromatic rings. The highest BCUT2D eigenvalue weighted by atomic mass is 79.9. The van der Waals surface area contributed by atoms with E-state index in [1.807, 2.05) is 30.3 Å². The van der Waals surface area contributed by atoms with Gasteiger partial charge in [-0.1, -0.05) is 57.3 Å². The van der Waals surface area contributed by atoms with Crippen LogP contribution in [0.25, 0.3) is 0 Å². The number of benzene rings is 2. The first-order valence-electron chi connectivity index (χ1n) is 6.60. The first-order valence-corrected chi connectivity index (χ1v) is 8.57. The van der Waals surface area contributed by atoms with Gasteiger partial charge in [0.2, 0.25) is 0 Å². The maximum atomic E-state index is 6.19. The van der Waals surface area contributed by atoms with Gasteiger partial charge in [-0.2, -0.15) is 0 Å². The summed E-state index contributed by atoms with van der Waals surface area (Å²) >= 11 is 13.1. The molecule has 5 heteroatoms. The summed E-state index contributed by atoms with van der Waals surface area (Å²) in [5.74, 6) is 1.44. The Labute approximate surface area is 147 Å². The van der Waals surface area contributed by atoms with Gasteiger partial charge in [0.25, 0.3) is 0 Å². The summed E-state index contributed by atoms with van der Waals surface area (Å²) in [6.45, 7) is 4.96. The van der Waals surface area contributed by atoms with E-state index in [2.05, 4.69) is 57.1 Å². The van der Waals surface area contributed by atoms with Crippen molar-refractivity contribution in [2.75, 3.05) is 0 Å². The van der Waals surface area contributed by atoms with Gasteiger partial charge in [0.05, 0.1) is 5.02 Å². The number of ether oxygens (including phenoxy) is 1. The minimum Gasteiger partial charge on any atom is -0.455 e. The molecule has 0 bridgehead atoms. The molecule has 0 spiro atoms. The first kappa shape index (κ1) is 16.8. The normalized spacial score (nSPS) is 11.0. The lowest BCUT2D eigenvalue weighted by atomic mass is 10.2. The van der Waals surface area contributed by atoms with E-state index in [9.17, 15) is 0 Å². The van der Waals surface area contributed by atoms with Gasteiger partial charge in [0, 0.05) is 27.1 Å². The van der Waals surface area contributed by atoms with Gasteiger partial charge in [-0.25, -0.2) is 0 Å². The third kappa shape index (κ3) is 4.99. The molecule has 2 nitrogen and oxygen atoms in total. The third-order valence-corrected chi connectivity index (χ3v) is 4.14. The minimum atomic E-state index is 0.409. The van der Waals surface area contributed by atoms with Crippen LogP contribution in [0, 0.1) is 0 Å². The lowest BCUT2D eigenvalue weighted by Gasteiger charge is -2.15. The van der Waals surface area contributed by atoms with Gasteiger partial charge in [0.1, 0.15) is 11.5 Å². The Bertz CT molecular complexity index is 632. The molecule has 0 heterocycles.